The summed E-state index contributed by atoms with van der Waals surface area (Å²) < 4.78 is 33.7. The number of amides is 3. The van der Waals surface area contributed by atoms with Gasteiger partial charge >= 0.3 is 0 Å². The van der Waals surface area contributed by atoms with Crippen molar-refractivity contribution in [1.29, 1.82) is 0 Å². The van der Waals surface area contributed by atoms with E-state index in [4.69, 9.17) is 4.74 Å². The summed E-state index contributed by atoms with van der Waals surface area (Å²) in [7, 11) is 1.58. The molecule has 0 radical (unpaired) electrons. The molecule has 40 heavy (non-hydrogen) atoms. The summed E-state index contributed by atoms with van der Waals surface area (Å²) >= 11 is 0. The van der Waals surface area contributed by atoms with Crippen molar-refractivity contribution in [2.45, 2.75) is 64.1 Å². The number of carbonyl (C=O) groups excluding carboxylic acids is 3. The van der Waals surface area contributed by atoms with Crippen LogP contribution >= 0.6 is 0 Å². The molecule has 8 nitrogen and oxygen atoms in total. The third-order valence-electron chi connectivity index (χ3n) is 7.64. The molecule has 0 bridgehead atoms. The Labute approximate surface area is 233 Å². The minimum absolute atomic E-state index is 0.158. The van der Waals surface area contributed by atoms with Gasteiger partial charge in [-0.05, 0) is 74.3 Å². The van der Waals surface area contributed by atoms with Gasteiger partial charge < -0.3 is 25.6 Å². The summed E-state index contributed by atoms with van der Waals surface area (Å²) in [5, 5.41) is 8.96. The van der Waals surface area contributed by atoms with E-state index in [-0.39, 0.29) is 36.6 Å². The van der Waals surface area contributed by atoms with Crippen LogP contribution in [0.3, 0.4) is 0 Å². The Hall–Kier alpha value is -3.53. The molecule has 0 spiro atoms. The van der Waals surface area contributed by atoms with E-state index in [1.807, 2.05) is 0 Å². The molecule has 1 aliphatic carbocycles. The van der Waals surface area contributed by atoms with Gasteiger partial charge in [0.15, 0.2) is 0 Å². The van der Waals surface area contributed by atoms with Crippen LogP contribution in [0.1, 0.15) is 42.9 Å². The number of nitrogens with zero attached hydrogens (tertiary/aromatic N) is 1. The topological polar surface area (TPSA) is 99.8 Å². The summed E-state index contributed by atoms with van der Waals surface area (Å²) in [6.45, 7) is 4.21. The van der Waals surface area contributed by atoms with Crippen molar-refractivity contribution in [2.24, 2.45) is 5.92 Å². The van der Waals surface area contributed by atoms with Gasteiger partial charge in [-0.3, -0.25) is 14.4 Å². The second kappa shape index (κ2) is 13.2. The van der Waals surface area contributed by atoms with E-state index < -0.39 is 29.8 Å². The predicted molar refractivity (Wildman–Crippen MR) is 147 cm³/mol. The number of halogens is 2. The summed E-state index contributed by atoms with van der Waals surface area (Å²) in [4.78, 5) is 41.3. The fourth-order valence-electron chi connectivity index (χ4n) is 4.90. The number of carbonyl (C=O) groups is 3. The summed E-state index contributed by atoms with van der Waals surface area (Å²) in [6, 6.07) is 6.75. The van der Waals surface area contributed by atoms with Crippen LogP contribution in [0, 0.1) is 24.5 Å². The summed E-state index contributed by atoms with van der Waals surface area (Å²) in [5.74, 6) is -1.20. The monoisotopic (exact) mass is 556 g/mol. The fraction of sp³-hybridized carbons (Fsp3) is 0.500. The number of aryl methyl sites for hydroxylation is 2. The summed E-state index contributed by atoms with van der Waals surface area (Å²) in [5.41, 5.74) is 1.95. The van der Waals surface area contributed by atoms with Crippen molar-refractivity contribution < 1.29 is 27.9 Å². The maximum atomic E-state index is 14.0. The lowest BCUT2D eigenvalue weighted by atomic mass is 10.0. The van der Waals surface area contributed by atoms with E-state index in [9.17, 15) is 23.2 Å². The normalized spacial score (nSPS) is 23.8. The fourth-order valence-corrected chi connectivity index (χ4v) is 4.90. The quantitative estimate of drug-likeness (QED) is 0.540. The average Bonchev–Trinajstić information content (AvgIpc) is 3.77. The highest BCUT2D eigenvalue weighted by Crippen LogP contribution is 2.33. The van der Waals surface area contributed by atoms with Gasteiger partial charge in [0.1, 0.15) is 36.1 Å². The molecule has 216 valence electrons. The van der Waals surface area contributed by atoms with Crippen LogP contribution in [0.15, 0.2) is 36.4 Å². The third kappa shape index (κ3) is 7.56. The maximum Gasteiger partial charge on any atom is 0.243 e. The van der Waals surface area contributed by atoms with Crippen molar-refractivity contribution in [1.82, 2.24) is 20.9 Å². The smallest absolute Gasteiger partial charge is 0.243 e. The molecule has 1 fully saturated rings. The zero-order valence-electron chi connectivity index (χ0n) is 23.3. The van der Waals surface area contributed by atoms with E-state index >= 15 is 0 Å². The van der Waals surface area contributed by atoms with Crippen LogP contribution in [0.5, 0.6) is 5.75 Å². The number of likely N-dealkylation sites (N-methyl/N-ethyl adjacent to an activating group) is 1. The zero-order chi connectivity index (χ0) is 28.8. The lowest BCUT2D eigenvalue weighted by molar-refractivity contribution is -0.141. The van der Waals surface area contributed by atoms with Crippen LogP contribution in [0.4, 0.5) is 8.78 Å². The van der Waals surface area contributed by atoms with E-state index in [1.54, 1.807) is 39.1 Å². The highest BCUT2D eigenvalue weighted by atomic mass is 19.1. The minimum Gasteiger partial charge on any atom is -0.492 e. The number of hydrogen-bond donors (Lipinski definition) is 3. The van der Waals surface area contributed by atoms with E-state index in [1.165, 1.54) is 23.1 Å². The highest BCUT2D eigenvalue weighted by Gasteiger charge is 2.39. The molecule has 0 aromatic heterocycles. The second-order valence-electron chi connectivity index (χ2n) is 10.7. The number of fused-ring (bicyclic) bond motifs is 1. The highest BCUT2D eigenvalue weighted by molar-refractivity contribution is 5.93. The molecule has 0 saturated heterocycles. The lowest BCUT2D eigenvalue weighted by Crippen LogP contribution is -2.56. The van der Waals surface area contributed by atoms with E-state index in [0.717, 1.165) is 18.4 Å². The standard InChI is InChI=1S/C30H38F2N4O4/c1-18-15-20(6-11-24(18)32)16-25-29(38)34-12-4-5-21-9-10-23(31)17-26(21)40-14-13-33-27(22-7-8-22)30(39)36(3)19(2)28(37)35-25/h6,9-11,15,17,19,22,25,27,33H,4-5,7-8,12-14,16H2,1-3H3,(H,34,38)(H,35,37)/t19-,25-,27+/m1/s1. The minimum atomic E-state index is -0.927. The van der Waals surface area contributed by atoms with Gasteiger partial charge in [0, 0.05) is 32.6 Å². The maximum absolute atomic E-state index is 14.0. The molecule has 2 aromatic rings. The van der Waals surface area contributed by atoms with Crippen LogP contribution < -0.4 is 20.7 Å². The van der Waals surface area contributed by atoms with Gasteiger partial charge in [-0.25, -0.2) is 8.78 Å². The molecule has 10 heteroatoms. The number of rotatable bonds is 3. The Morgan fingerprint density at radius 3 is 2.52 bits per heavy atom. The number of hydrogen-bond acceptors (Lipinski definition) is 5. The predicted octanol–water partition coefficient (Wildman–Crippen LogP) is 2.66. The molecule has 1 aliphatic heterocycles. The Balaban J connectivity index is 1.56. The van der Waals surface area contributed by atoms with Crippen molar-refractivity contribution in [3.63, 3.8) is 0 Å². The molecule has 3 amide bonds. The lowest BCUT2D eigenvalue weighted by Gasteiger charge is -2.30. The van der Waals surface area contributed by atoms with Crippen molar-refractivity contribution in [2.75, 3.05) is 26.7 Å². The Kier molecular flexibility index (Phi) is 9.73. The number of nitrogens with one attached hydrogen (secondary N) is 3. The molecule has 2 aromatic carbocycles. The molecule has 3 N–H and O–H groups in total. The first-order valence-corrected chi connectivity index (χ1v) is 13.9. The van der Waals surface area contributed by atoms with Gasteiger partial charge in [0.25, 0.3) is 0 Å². The van der Waals surface area contributed by atoms with Crippen LogP contribution in [-0.4, -0.2) is 67.5 Å². The molecule has 4 rings (SSSR count). The molecule has 1 heterocycles. The molecule has 1 saturated carbocycles. The zero-order valence-corrected chi connectivity index (χ0v) is 23.3. The Bertz CT molecular complexity index is 1240. The first kappa shape index (κ1) is 29.5. The van der Waals surface area contributed by atoms with Gasteiger partial charge in [-0.2, -0.15) is 0 Å². The van der Waals surface area contributed by atoms with Crippen LogP contribution in [0.2, 0.25) is 0 Å². The van der Waals surface area contributed by atoms with Gasteiger partial charge in [0.2, 0.25) is 17.7 Å². The molecular weight excluding hydrogens is 518 g/mol. The first-order chi connectivity index (χ1) is 19.1. The molecular formula is C30H38F2N4O4. The summed E-state index contributed by atoms with van der Waals surface area (Å²) in [6.07, 6.45) is 3.09. The number of benzene rings is 2. The first-order valence-electron chi connectivity index (χ1n) is 13.9. The van der Waals surface area contributed by atoms with Gasteiger partial charge in [-0.15, -0.1) is 0 Å². The molecule has 3 atom stereocenters. The Morgan fingerprint density at radius 2 is 1.80 bits per heavy atom. The SMILES string of the molecule is Cc1cc(C[C@H]2NC(=O)[C@@H](C)N(C)C(=O)[C@H](C3CC3)NCCOc3cc(F)ccc3CCCNC2=O)ccc1F. The second-order valence-corrected chi connectivity index (χ2v) is 10.7. The van der Waals surface area contributed by atoms with Crippen LogP contribution in [0.25, 0.3) is 0 Å². The number of ether oxygens (including phenoxy) is 1. The van der Waals surface area contributed by atoms with E-state index in [2.05, 4.69) is 16.0 Å². The van der Waals surface area contributed by atoms with Gasteiger partial charge in [0.05, 0.1) is 6.04 Å². The van der Waals surface area contributed by atoms with Crippen LogP contribution in [-0.2, 0) is 27.2 Å². The molecule has 0 unspecified atom stereocenters. The van der Waals surface area contributed by atoms with Crippen molar-refractivity contribution >= 4 is 17.7 Å². The van der Waals surface area contributed by atoms with Crippen molar-refractivity contribution in [3.05, 3.63) is 64.7 Å². The Morgan fingerprint density at radius 1 is 1.02 bits per heavy atom. The van der Waals surface area contributed by atoms with Gasteiger partial charge in [-0.1, -0.05) is 18.2 Å². The van der Waals surface area contributed by atoms with Crippen molar-refractivity contribution in [3.8, 4) is 5.75 Å². The third-order valence-corrected chi connectivity index (χ3v) is 7.64. The van der Waals surface area contributed by atoms with E-state index in [0.29, 0.717) is 42.8 Å². The molecule has 2 aliphatic rings. The average molecular weight is 557 g/mol. The largest absolute Gasteiger partial charge is 0.492 e.